The number of para-hydroxylation sites is 1. The van der Waals surface area contributed by atoms with Crippen molar-refractivity contribution in [3.8, 4) is 0 Å². The van der Waals surface area contributed by atoms with E-state index in [-0.39, 0.29) is 23.7 Å². The lowest BCUT2D eigenvalue weighted by Gasteiger charge is -2.24. The summed E-state index contributed by atoms with van der Waals surface area (Å²) in [7, 11) is 0. The van der Waals surface area contributed by atoms with Crippen LogP contribution in [0, 0.1) is 17.0 Å². The lowest BCUT2D eigenvalue weighted by atomic mass is 10.2. The van der Waals surface area contributed by atoms with Gasteiger partial charge < -0.3 is 10.6 Å². The highest BCUT2D eigenvalue weighted by molar-refractivity contribution is 5.95. The molecular weight excluding hydrogens is 346 g/mol. The van der Waals surface area contributed by atoms with Gasteiger partial charge in [0.05, 0.1) is 11.0 Å². The minimum Gasteiger partial charge on any atom is -0.366 e. The maximum atomic E-state index is 12.6. The van der Waals surface area contributed by atoms with Crippen molar-refractivity contribution in [1.29, 1.82) is 0 Å². The number of likely N-dealkylation sites (tertiary alicyclic amines) is 1. The van der Waals surface area contributed by atoms with Crippen LogP contribution in [0.2, 0.25) is 0 Å². The molecule has 1 saturated heterocycles. The average molecular weight is 369 g/mol. The van der Waals surface area contributed by atoms with Gasteiger partial charge >= 0.3 is 0 Å². The van der Waals surface area contributed by atoms with Crippen molar-refractivity contribution in [3.05, 3.63) is 58.3 Å². The van der Waals surface area contributed by atoms with Crippen molar-refractivity contribution in [1.82, 2.24) is 9.88 Å². The van der Waals surface area contributed by atoms with Crippen molar-refractivity contribution in [2.75, 3.05) is 23.7 Å². The Kier molecular flexibility index (Phi) is 5.66. The van der Waals surface area contributed by atoms with Gasteiger partial charge in [0.25, 0.3) is 5.69 Å². The van der Waals surface area contributed by atoms with E-state index in [2.05, 4.69) is 20.5 Å². The van der Waals surface area contributed by atoms with Gasteiger partial charge in [0, 0.05) is 30.9 Å². The molecule has 0 bridgehead atoms. The van der Waals surface area contributed by atoms with Crippen LogP contribution >= 0.6 is 0 Å². The van der Waals surface area contributed by atoms with E-state index >= 15 is 0 Å². The summed E-state index contributed by atoms with van der Waals surface area (Å²) in [6.07, 6.45) is 2.12. The third kappa shape index (κ3) is 4.59. The molecule has 142 valence electrons. The molecule has 1 aliphatic rings. The summed E-state index contributed by atoms with van der Waals surface area (Å²) >= 11 is 0. The van der Waals surface area contributed by atoms with Crippen LogP contribution in [0.1, 0.15) is 18.9 Å². The summed E-state index contributed by atoms with van der Waals surface area (Å²) in [5.41, 5.74) is 1.83. The number of benzene rings is 1. The second kappa shape index (κ2) is 8.13. The molecule has 1 aliphatic heterocycles. The molecule has 2 unspecified atom stereocenters. The van der Waals surface area contributed by atoms with Crippen LogP contribution in [0.25, 0.3) is 0 Å². The molecular formula is C19H23N5O3. The zero-order valence-electron chi connectivity index (χ0n) is 15.4. The van der Waals surface area contributed by atoms with E-state index in [1.165, 1.54) is 12.3 Å². The molecule has 8 heteroatoms. The molecule has 1 amide bonds. The molecule has 8 nitrogen and oxygen atoms in total. The highest BCUT2D eigenvalue weighted by Gasteiger charge is 2.30. The number of nitrogens with one attached hydrogen (secondary N) is 2. The summed E-state index contributed by atoms with van der Waals surface area (Å²) in [4.78, 5) is 29.0. The van der Waals surface area contributed by atoms with E-state index in [0.29, 0.717) is 12.4 Å². The molecule has 0 radical (unpaired) electrons. The van der Waals surface area contributed by atoms with Crippen molar-refractivity contribution in [2.45, 2.75) is 32.4 Å². The molecule has 2 aromatic rings. The lowest BCUT2D eigenvalue weighted by molar-refractivity contribution is -0.385. The number of nitrogens with zero attached hydrogens (tertiary/aromatic N) is 3. The van der Waals surface area contributed by atoms with Crippen molar-refractivity contribution in [2.24, 2.45) is 0 Å². The number of carbonyl (C=O) groups excluding carboxylic acids is 1. The lowest BCUT2D eigenvalue weighted by Crippen LogP contribution is -2.41. The van der Waals surface area contributed by atoms with E-state index in [9.17, 15) is 14.9 Å². The van der Waals surface area contributed by atoms with Gasteiger partial charge in [-0.15, -0.1) is 0 Å². The Morgan fingerprint density at radius 1 is 1.33 bits per heavy atom. The second-order valence-electron chi connectivity index (χ2n) is 6.76. The molecule has 0 spiro atoms. The van der Waals surface area contributed by atoms with Gasteiger partial charge in [0.2, 0.25) is 5.91 Å². The normalized spacial score (nSPS) is 18.1. The number of amides is 1. The van der Waals surface area contributed by atoms with E-state index < -0.39 is 4.92 Å². The van der Waals surface area contributed by atoms with Gasteiger partial charge in [0.15, 0.2) is 0 Å². The number of aryl methyl sites for hydroxylation is 1. The van der Waals surface area contributed by atoms with Gasteiger partial charge in [-0.25, -0.2) is 4.98 Å². The van der Waals surface area contributed by atoms with E-state index in [0.717, 1.165) is 24.2 Å². The topological polar surface area (TPSA) is 100 Å². The molecule has 1 aromatic carbocycles. The Morgan fingerprint density at radius 2 is 2.11 bits per heavy atom. The molecule has 3 rings (SSSR count). The smallest absolute Gasteiger partial charge is 0.287 e. The third-order valence-electron chi connectivity index (χ3n) is 4.86. The van der Waals surface area contributed by atoms with Gasteiger partial charge in [-0.2, -0.15) is 0 Å². The molecule has 1 aromatic heterocycles. The van der Waals surface area contributed by atoms with Crippen molar-refractivity contribution < 1.29 is 9.72 Å². The number of hydrogen-bond acceptors (Lipinski definition) is 6. The number of pyridine rings is 1. The first kappa shape index (κ1) is 18.8. The van der Waals surface area contributed by atoms with Crippen molar-refractivity contribution >= 4 is 23.1 Å². The fraction of sp³-hybridized carbons (Fsp3) is 0.368. The number of rotatable bonds is 6. The van der Waals surface area contributed by atoms with Crippen LogP contribution in [-0.2, 0) is 4.79 Å². The Hall–Kier alpha value is -3.00. The molecule has 0 aliphatic carbocycles. The van der Waals surface area contributed by atoms with Crippen molar-refractivity contribution in [3.63, 3.8) is 0 Å². The molecule has 2 heterocycles. The van der Waals surface area contributed by atoms with Crippen LogP contribution in [0.3, 0.4) is 0 Å². The fourth-order valence-corrected chi connectivity index (χ4v) is 3.16. The second-order valence-corrected chi connectivity index (χ2v) is 6.76. The van der Waals surface area contributed by atoms with E-state index in [4.69, 9.17) is 0 Å². The maximum Gasteiger partial charge on any atom is 0.287 e. The molecule has 2 atom stereocenters. The monoisotopic (exact) mass is 369 g/mol. The minimum absolute atomic E-state index is 0.0292. The summed E-state index contributed by atoms with van der Waals surface area (Å²) in [6.45, 7) is 5.38. The van der Waals surface area contributed by atoms with Gasteiger partial charge in [-0.3, -0.25) is 19.8 Å². The third-order valence-corrected chi connectivity index (χ3v) is 4.86. The number of carbonyl (C=O) groups is 1. The molecule has 27 heavy (non-hydrogen) atoms. The standard InChI is InChI=1S/C19H23N5O3/c1-13-5-3-4-6-17(13)22-19(25)14(2)23-10-9-15(12-23)21-18-8-7-16(11-20-18)24(26)27/h3-8,11,14-15H,9-10,12H2,1-2H3,(H,20,21)(H,22,25). The average Bonchev–Trinajstić information content (AvgIpc) is 3.11. The molecule has 1 fully saturated rings. The first-order chi connectivity index (χ1) is 12.9. The zero-order valence-corrected chi connectivity index (χ0v) is 15.4. The Balaban J connectivity index is 1.54. The van der Waals surface area contributed by atoms with Crippen LogP contribution in [0.15, 0.2) is 42.6 Å². The van der Waals surface area contributed by atoms with Crippen LogP contribution in [0.5, 0.6) is 0 Å². The first-order valence-corrected chi connectivity index (χ1v) is 8.91. The first-order valence-electron chi connectivity index (χ1n) is 8.91. The summed E-state index contributed by atoms with van der Waals surface area (Å²) in [5, 5.41) is 17.0. The fourth-order valence-electron chi connectivity index (χ4n) is 3.16. The summed E-state index contributed by atoms with van der Waals surface area (Å²) < 4.78 is 0. The Morgan fingerprint density at radius 3 is 2.78 bits per heavy atom. The SMILES string of the molecule is Cc1ccccc1NC(=O)C(C)N1CCC(Nc2ccc([N+](=O)[O-])cn2)C1. The zero-order chi connectivity index (χ0) is 19.4. The number of hydrogen-bond donors (Lipinski definition) is 2. The quantitative estimate of drug-likeness (QED) is 0.600. The number of nitro groups is 1. The Labute approximate surface area is 157 Å². The highest BCUT2D eigenvalue weighted by Crippen LogP contribution is 2.20. The van der Waals surface area contributed by atoms with Crippen LogP contribution < -0.4 is 10.6 Å². The van der Waals surface area contributed by atoms with Gasteiger partial charge in [0.1, 0.15) is 12.0 Å². The predicted octanol–water partition coefficient (Wildman–Crippen LogP) is 2.81. The molecule has 2 N–H and O–H groups in total. The Bertz CT molecular complexity index is 824. The predicted molar refractivity (Wildman–Crippen MR) is 104 cm³/mol. The highest BCUT2D eigenvalue weighted by atomic mass is 16.6. The van der Waals surface area contributed by atoms with Crippen LogP contribution in [0.4, 0.5) is 17.2 Å². The number of aromatic nitrogens is 1. The van der Waals surface area contributed by atoms with E-state index in [1.807, 2.05) is 38.1 Å². The largest absolute Gasteiger partial charge is 0.366 e. The maximum absolute atomic E-state index is 12.6. The summed E-state index contributed by atoms with van der Waals surface area (Å²) in [5.74, 6) is 0.572. The summed E-state index contributed by atoms with van der Waals surface area (Å²) in [6, 6.07) is 10.6. The van der Waals surface area contributed by atoms with Gasteiger partial charge in [-0.05, 0) is 38.0 Å². The van der Waals surface area contributed by atoms with E-state index in [1.54, 1.807) is 6.07 Å². The van der Waals surface area contributed by atoms with Gasteiger partial charge in [-0.1, -0.05) is 18.2 Å². The minimum atomic E-state index is -0.469. The number of anilines is 2. The molecule has 0 saturated carbocycles. The van der Waals surface area contributed by atoms with Crippen LogP contribution in [-0.4, -0.2) is 45.9 Å².